The Morgan fingerprint density at radius 1 is 0.808 bits per heavy atom. The average Bonchev–Trinajstić information content (AvgIpc) is 3.02. The van der Waals surface area contributed by atoms with Crippen LogP contribution in [0.1, 0.15) is 94.4 Å². The van der Waals surface area contributed by atoms with Crippen LogP contribution in [0.3, 0.4) is 0 Å². The lowest BCUT2D eigenvalue weighted by Crippen LogP contribution is -2.51. The van der Waals surface area contributed by atoms with Crippen LogP contribution in [-0.4, -0.2) is 47.6 Å². The molecule has 0 radical (unpaired) electrons. The first-order chi connectivity index (χ1) is 11.8. The fourth-order valence-electron chi connectivity index (χ4n) is 5.03. The first-order valence-corrected chi connectivity index (χ1v) is 11.3. The minimum Gasteiger partial charge on any atom is -0.300 e. The van der Waals surface area contributed by atoms with Crippen molar-refractivity contribution in [1.29, 1.82) is 0 Å². The highest BCUT2D eigenvalue weighted by molar-refractivity contribution is 4.91. The number of nitrogens with zero attached hydrogens (tertiary/aromatic N) is 2. The third kappa shape index (κ3) is 5.71. The molecule has 0 amide bonds. The molecule has 3 unspecified atom stereocenters. The van der Waals surface area contributed by atoms with Gasteiger partial charge in [0.15, 0.2) is 0 Å². The summed E-state index contributed by atoms with van der Waals surface area (Å²) in [5, 5.41) is 0. The first kappa shape index (κ1) is 22.2. The number of likely N-dealkylation sites (tertiary alicyclic amines) is 2. The summed E-state index contributed by atoms with van der Waals surface area (Å²) >= 11 is 0. The third-order valence-electron chi connectivity index (χ3n) is 7.74. The smallest absolute Gasteiger partial charge is 0.0153 e. The van der Waals surface area contributed by atoms with Gasteiger partial charge >= 0.3 is 0 Å². The standard InChI is InChI=1S/C24H48N2/c1-19(25-16-13-21(17-25)23(5,6)7)12-14-24(8,9)26-15-10-11-20(18-26)22(2,3)4/h19-21H,10-18H2,1-9H3. The van der Waals surface area contributed by atoms with Gasteiger partial charge < -0.3 is 4.90 Å². The van der Waals surface area contributed by atoms with E-state index >= 15 is 0 Å². The van der Waals surface area contributed by atoms with Crippen molar-refractivity contribution in [1.82, 2.24) is 9.80 Å². The molecular weight excluding hydrogens is 316 g/mol. The lowest BCUT2D eigenvalue weighted by Gasteiger charge is -2.47. The number of piperidine rings is 1. The molecule has 154 valence electrons. The van der Waals surface area contributed by atoms with E-state index in [1.807, 2.05) is 0 Å². The van der Waals surface area contributed by atoms with Gasteiger partial charge in [-0.2, -0.15) is 0 Å². The van der Waals surface area contributed by atoms with Gasteiger partial charge in [-0.05, 0) is 88.6 Å². The summed E-state index contributed by atoms with van der Waals surface area (Å²) < 4.78 is 0. The molecule has 0 spiro atoms. The van der Waals surface area contributed by atoms with E-state index in [1.54, 1.807) is 0 Å². The second kappa shape index (κ2) is 8.11. The second-order valence-electron chi connectivity index (χ2n) is 12.2. The van der Waals surface area contributed by atoms with E-state index in [2.05, 4.69) is 72.1 Å². The van der Waals surface area contributed by atoms with Gasteiger partial charge in [0.25, 0.3) is 0 Å². The quantitative estimate of drug-likeness (QED) is 0.585. The van der Waals surface area contributed by atoms with Gasteiger partial charge in [-0.25, -0.2) is 0 Å². The monoisotopic (exact) mass is 364 g/mol. The van der Waals surface area contributed by atoms with Crippen LogP contribution in [0, 0.1) is 22.7 Å². The van der Waals surface area contributed by atoms with Crippen molar-refractivity contribution in [3.63, 3.8) is 0 Å². The topological polar surface area (TPSA) is 6.48 Å². The van der Waals surface area contributed by atoms with Crippen LogP contribution < -0.4 is 0 Å². The molecule has 0 bridgehead atoms. The number of rotatable bonds is 5. The molecule has 0 aromatic carbocycles. The van der Waals surface area contributed by atoms with Crippen molar-refractivity contribution in [2.24, 2.45) is 22.7 Å². The van der Waals surface area contributed by atoms with Gasteiger partial charge in [0.2, 0.25) is 0 Å². The van der Waals surface area contributed by atoms with E-state index in [0.717, 1.165) is 17.9 Å². The van der Waals surface area contributed by atoms with Crippen LogP contribution in [0.2, 0.25) is 0 Å². The van der Waals surface area contributed by atoms with E-state index in [4.69, 9.17) is 0 Å². The molecule has 2 saturated heterocycles. The Balaban J connectivity index is 1.85. The molecule has 0 aromatic heterocycles. The van der Waals surface area contributed by atoms with Crippen LogP contribution in [0.5, 0.6) is 0 Å². The molecule has 2 nitrogen and oxygen atoms in total. The minimum atomic E-state index is 0.335. The number of hydrogen-bond acceptors (Lipinski definition) is 2. The molecule has 2 heteroatoms. The molecule has 0 aromatic rings. The van der Waals surface area contributed by atoms with Crippen LogP contribution in [0.4, 0.5) is 0 Å². The molecule has 2 heterocycles. The summed E-state index contributed by atoms with van der Waals surface area (Å²) in [6, 6.07) is 0.727. The normalized spacial score (nSPS) is 28.5. The van der Waals surface area contributed by atoms with Crippen LogP contribution in [0.25, 0.3) is 0 Å². The van der Waals surface area contributed by atoms with Crippen LogP contribution in [-0.2, 0) is 0 Å². The summed E-state index contributed by atoms with van der Waals surface area (Å²) in [5.41, 5.74) is 1.24. The predicted molar refractivity (Wildman–Crippen MR) is 116 cm³/mol. The highest BCUT2D eigenvalue weighted by Gasteiger charge is 2.37. The van der Waals surface area contributed by atoms with Crippen LogP contribution >= 0.6 is 0 Å². The Labute approximate surface area is 165 Å². The summed E-state index contributed by atoms with van der Waals surface area (Å²) in [7, 11) is 0. The Hall–Kier alpha value is -0.0800. The van der Waals surface area contributed by atoms with Gasteiger partial charge in [0, 0.05) is 24.7 Å². The lowest BCUT2D eigenvalue weighted by molar-refractivity contribution is 0.0214. The maximum absolute atomic E-state index is 2.81. The van der Waals surface area contributed by atoms with E-state index in [-0.39, 0.29) is 0 Å². The molecule has 2 rings (SSSR count). The van der Waals surface area contributed by atoms with E-state index < -0.39 is 0 Å². The summed E-state index contributed by atoms with van der Waals surface area (Å²) in [5.74, 6) is 1.71. The van der Waals surface area contributed by atoms with E-state index in [9.17, 15) is 0 Å². The Kier molecular flexibility index (Phi) is 6.93. The van der Waals surface area contributed by atoms with E-state index in [1.165, 1.54) is 58.3 Å². The van der Waals surface area contributed by atoms with Crippen molar-refractivity contribution < 1.29 is 0 Å². The van der Waals surface area contributed by atoms with Gasteiger partial charge in [-0.15, -0.1) is 0 Å². The third-order valence-corrected chi connectivity index (χ3v) is 7.74. The van der Waals surface area contributed by atoms with Gasteiger partial charge in [-0.3, -0.25) is 4.90 Å². The van der Waals surface area contributed by atoms with Gasteiger partial charge in [0.1, 0.15) is 0 Å². The van der Waals surface area contributed by atoms with E-state index in [0.29, 0.717) is 16.4 Å². The molecule has 0 saturated carbocycles. The maximum atomic E-state index is 2.81. The lowest BCUT2D eigenvalue weighted by atomic mass is 9.75. The Morgan fingerprint density at radius 2 is 1.38 bits per heavy atom. The van der Waals surface area contributed by atoms with Crippen molar-refractivity contribution in [2.75, 3.05) is 26.2 Å². The molecule has 26 heavy (non-hydrogen) atoms. The molecule has 3 atom stereocenters. The molecule has 2 aliphatic heterocycles. The van der Waals surface area contributed by atoms with Gasteiger partial charge in [0.05, 0.1) is 0 Å². The van der Waals surface area contributed by atoms with Crippen molar-refractivity contribution in [3.8, 4) is 0 Å². The zero-order valence-electron chi connectivity index (χ0n) is 19.5. The zero-order chi connectivity index (χ0) is 19.8. The fourth-order valence-corrected chi connectivity index (χ4v) is 5.03. The highest BCUT2D eigenvalue weighted by atomic mass is 15.2. The van der Waals surface area contributed by atoms with Crippen molar-refractivity contribution in [2.45, 2.75) is 106 Å². The predicted octanol–water partition coefficient (Wildman–Crippen LogP) is 6.06. The molecular formula is C24H48N2. The van der Waals surface area contributed by atoms with Crippen molar-refractivity contribution >= 4 is 0 Å². The molecule has 0 N–H and O–H groups in total. The highest BCUT2D eigenvalue weighted by Crippen LogP contribution is 2.38. The SMILES string of the molecule is CC(CCC(C)(C)N1CCCC(C(C)(C)C)C1)N1CCC(C(C)(C)C)C1. The van der Waals surface area contributed by atoms with Crippen molar-refractivity contribution in [3.05, 3.63) is 0 Å². The maximum Gasteiger partial charge on any atom is 0.0153 e. The first-order valence-electron chi connectivity index (χ1n) is 11.3. The zero-order valence-corrected chi connectivity index (χ0v) is 19.5. The average molecular weight is 365 g/mol. The molecule has 2 aliphatic rings. The number of hydrogen-bond donors (Lipinski definition) is 0. The largest absolute Gasteiger partial charge is 0.300 e. The fraction of sp³-hybridized carbons (Fsp3) is 1.00. The molecule has 2 fully saturated rings. The summed E-state index contributed by atoms with van der Waals surface area (Å²) in [4.78, 5) is 5.57. The minimum absolute atomic E-state index is 0.335. The Morgan fingerprint density at radius 3 is 1.92 bits per heavy atom. The molecule has 0 aliphatic carbocycles. The summed E-state index contributed by atoms with van der Waals surface area (Å²) in [6.45, 7) is 27.2. The van der Waals surface area contributed by atoms with Gasteiger partial charge in [-0.1, -0.05) is 41.5 Å². The second-order valence-corrected chi connectivity index (χ2v) is 12.2. The Bertz CT molecular complexity index is 440. The summed E-state index contributed by atoms with van der Waals surface area (Å²) in [6.07, 6.45) is 6.83. The van der Waals surface area contributed by atoms with Crippen LogP contribution in [0.15, 0.2) is 0 Å².